The van der Waals surface area contributed by atoms with E-state index in [0.29, 0.717) is 5.69 Å². The van der Waals surface area contributed by atoms with Crippen LogP contribution in [0.2, 0.25) is 0 Å². The second-order valence-electron chi connectivity index (χ2n) is 5.50. The Balaban J connectivity index is 2.11. The van der Waals surface area contributed by atoms with Crippen molar-refractivity contribution in [1.82, 2.24) is 9.97 Å². The third-order valence-electron chi connectivity index (χ3n) is 2.75. The molecule has 1 aromatic heterocycles. The minimum atomic E-state index is -0.371. The highest BCUT2D eigenvalue weighted by Crippen LogP contribution is 2.18. The van der Waals surface area contributed by atoms with Crippen LogP contribution in [0, 0.1) is 5.82 Å². The molecule has 20 heavy (non-hydrogen) atoms. The zero-order valence-electron chi connectivity index (χ0n) is 11.6. The predicted octanol–water partition coefficient (Wildman–Crippen LogP) is 3.17. The van der Waals surface area contributed by atoms with Gasteiger partial charge in [0.15, 0.2) is 0 Å². The Morgan fingerprint density at radius 2 is 1.75 bits per heavy atom. The second-order valence-corrected chi connectivity index (χ2v) is 5.50. The van der Waals surface area contributed by atoms with E-state index in [-0.39, 0.29) is 22.8 Å². The summed E-state index contributed by atoms with van der Waals surface area (Å²) in [6.07, 6.45) is 3.04. The lowest BCUT2D eigenvalue weighted by molar-refractivity contribution is 0.102. The van der Waals surface area contributed by atoms with Gasteiger partial charge in [0, 0.05) is 17.3 Å². The van der Waals surface area contributed by atoms with E-state index in [9.17, 15) is 9.18 Å². The van der Waals surface area contributed by atoms with Gasteiger partial charge in [-0.3, -0.25) is 9.78 Å². The Morgan fingerprint density at radius 1 is 1.10 bits per heavy atom. The van der Waals surface area contributed by atoms with Crippen LogP contribution in [-0.4, -0.2) is 15.9 Å². The van der Waals surface area contributed by atoms with Crippen LogP contribution in [-0.2, 0) is 5.41 Å². The highest BCUT2D eigenvalue weighted by Gasteiger charge is 2.17. The van der Waals surface area contributed by atoms with Crippen molar-refractivity contribution in [3.8, 4) is 0 Å². The quantitative estimate of drug-likeness (QED) is 0.914. The summed E-state index contributed by atoms with van der Waals surface area (Å²) in [4.78, 5) is 20.3. The summed E-state index contributed by atoms with van der Waals surface area (Å²) in [5, 5.41) is 2.64. The zero-order valence-corrected chi connectivity index (χ0v) is 11.6. The van der Waals surface area contributed by atoms with E-state index in [0.717, 1.165) is 5.69 Å². The first kappa shape index (κ1) is 14.1. The fourth-order valence-corrected chi connectivity index (χ4v) is 1.56. The highest BCUT2D eigenvalue weighted by atomic mass is 19.1. The van der Waals surface area contributed by atoms with Crippen molar-refractivity contribution < 1.29 is 9.18 Å². The predicted molar refractivity (Wildman–Crippen MR) is 75.1 cm³/mol. The maximum Gasteiger partial charge on any atom is 0.275 e. The Bertz CT molecular complexity index is 601. The van der Waals surface area contributed by atoms with E-state index in [1.54, 1.807) is 6.20 Å². The largest absolute Gasteiger partial charge is 0.321 e. The van der Waals surface area contributed by atoms with Crippen LogP contribution in [0.3, 0.4) is 0 Å². The van der Waals surface area contributed by atoms with Crippen LogP contribution >= 0.6 is 0 Å². The zero-order chi connectivity index (χ0) is 14.8. The first-order chi connectivity index (χ1) is 9.36. The fourth-order valence-electron chi connectivity index (χ4n) is 1.56. The van der Waals surface area contributed by atoms with Crippen molar-refractivity contribution in [2.75, 3.05) is 5.32 Å². The summed E-state index contributed by atoms with van der Waals surface area (Å²) >= 11 is 0. The molecule has 104 valence electrons. The van der Waals surface area contributed by atoms with Gasteiger partial charge in [-0.05, 0) is 24.3 Å². The molecule has 0 fully saturated rings. The summed E-state index contributed by atoms with van der Waals surface area (Å²) < 4.78 is 12.8. The summed E-state index contributed by atoms with van der Waals surface area (Å²) in [7, 11) is 0. The third-order valence-corrected chi connectivity index (χ3v) is 2.75. The Hall–Kier alpha value is -2.30. The number of carbonyl (C=O) groups excluding carboxylic acids is 1. The SMILES string of the molecule is CC(C)(C)c1cnc(C(=O)Nc2ccc(F)cc2)cn1. The van der Waals surface area contributed by atoms with E-state index in [4.69, 9.17) is 0 Å². The van der Waals surface area contributed by atoms with Gasteiger partial charge >= 0.3 is 0 Å². The number of aromatic nitrogens is 2. The maximum absolute atomic E-state index is 12.8. The number of carbonyl (C=O) groups is 1. The Kier molecular flexibility index (Phi) is 3.79. The molecule has 1 aromatic carbocycles. The molecule has 0 aliphatic heterocycles. The molecule has 0 saturated carbocycles. The molecule has 4 nitrogen and oxygen atoms in total. The van der Waals surface area contributed by atoms with Crippen LogP contribution in [0.25, 0.3) is 0 Å². The molecule has 1 amide bonds. The van der Waals surface area contributed by atoms with Crippen LogP contribution in [0.5, 0.6) is 0 Å². The van der Waals surface area contributed by atoms with Gasteiger partial charge in [0.25, 0.3) is 5.91 Å². The molecular formula is C15H16FN3O. The van der Waals surface area contributed by atoms with Crippen molar-refractivity contribution in [1.29, 1.82) is 0 Å². The molecule has 1 heterocycles. The van der Waals surface area contributed by atoms with Crippen LogP contribution in [0.1, 0.15) is 37.0 Å². The summed E-state index contributed by atoms with van der Waals surface area (Å²) in [6, 6.07) is 5.54. The molecule has 2 rings (SSSR count). The molecule has 1 N–H and O–H groups in total. The first-order valence-electron chi connectivity index (χ1n) is 6.26. The third kappa shape index (κ3) is 3.38. The Morgan fingerprint density at radius 3 is 2.25 bits per heavy atom. The number of benzene rings is 1. The second kappa shape index (κ2) is 5.36. The molecule has 0 spiro atoms. The smallest absolute Gasteiger partial charge is 0.275 e. The lowest BCUT2D eigenvalue weighted by Crippen LogP contribution is -2.18. The number of halogens is 1. The van der Waals surface area contributed by atoms with Gasteiger partial charge in [-0.25, -0.2) is 9.37 Å². The number of hydrogen-bond donors (Lipinski definition) is 1. The maximum atomic E-state index is 12.8. The molecule has 0 bridgehead atoms. The number of anilines is 1. The monoisotopic (exact) mass is 273 g/mol. The van der Waals surface area contributed by atoms with Gasteiger partial charge in [0.05, 0.1) is 11.9 Å². The van der Waals surface area contributed by atoms with Crippen molar-refractivity contribution in [3.63, 3.8) is 0 Å². The van der Waals surface area contributed by atoms with Crippen LogP contribution in [0.4, 0.5) is 10.1 Å². The van der Waals surface area contributed by atoms with Crippen molar-refractivity contribution in [2.24, 2.45) is 0 Å². The average molecular weight is 273 g/mol. The molecular weight excluding hydrogens is 257 g/mol. The fraction of sp³-hybridized carbons (Fsp3) is 0.267. The van der Waals surface area contributed by atoms with E-state index in [2.05, 4.69) is 15.3 Å². The molecule has 0 saturated heterocycles. The molecule has 0 aliphatic carbocycles. The van der Waals surface area contributed by atoms with E-state index in [1.807, 2.05) is 20.8 Å². The number of amides is 1. The Labute approximate surface area is 117 Å². The normalized spacial score (nSPS) is 11.2. The molecule has 0 aliphatic rings. The van der Waals surface area contributed by atoms with Gasteiger partial charge in [-0.1, -0.05) is 20.8 Å². The average Bonchev–Trinajstić information content (AvgIpc) is 2.40. The van der Waals surface area contributed by atoms with Crippen LogP contribution < -0.4 is 5.32 Å². The number of nitrogens with zero attached hydrogens (tertiary/aromatic N) is 2. The minimum Gasteiger partial charge on any atom is -0.321 e. The summed E-state index contributed by atoms with van der Waals surface area (Å²) in [5.74, 6) is -0.720. The highest BCUT2D eigenvalue weighted by molar-refractivity contribution is 6.02. The molecule has 0 radical (unpaired) electrons. The number of hydrogen-bond acceptors (Lipinski definition) is 3. The summed E-state index contributed by atoms with van der Waals surface area (Å²) in [5.41, 5.74) is 1.44. The van der Waals surface area contributed by atoms with Gasteiger partial charge in [-0.15, -0.1) is 0 Å². The van der Waals surface area contributed by atoms with E-state index < -0.39 is 0 Å². The van der Waals surface area contributed by atoms with Crippen molar-refractivity contribution >= 4 is 11.6 Å². The van der Waals surface area contributed by atoms with Crippen molar-refractivity contribution in [2.45, 2.75) is 26.2 Å². The minimum absolute atomic E-state index is 0.112. The van der Waals surface area contributed by atoms with Gasteiger partial charge < -0.3 is 5.32 Å². The van der Waals surface area contributed by atoms with Gasteiger partial charge in [0.1, 0.15) is 11.5 Å². The molecule has 5 heteroatoms. The molecule has 0 unspecified atom stereocenters. The van der Waals surface area contributed by atoms with E-state index in [1.165, 1.54) is 30.5 Å². The molecule has 2 aromatic rings. The van der Waals surface area contributed by atoms with E-state index >= 15 is 0 Å². The van der Waals surface area contributed by atoms with Gasteiger partial charge in [-0.2, -0.15) is 0 Å². The topological polar surface area (TPSA) is 54.9 Å². The van der Waals surface area contributed by atoms with Crippen LogP contribution in [0.15, 0.2) is 36.7 Å². The van der Waals surface area contributed by atoms with Crippen molar-refractivity contribution in [3.05, 3.63) is 53.9 Å². The summed E-state index contributed by atoms with van der Waals surface area (Å²) in [6.45, 7) is 6.07. The first-order valence-corrected chi connectivity index (χ1v) is 6.26. The standard InChI is InChI=1S/C15H16FN3O/c1-15(2,3)13-9-17-12(8-18-13)14(20)19-11-6-4-10(16)5-7-11/h4-9H,1-3H3,(H,19,20). The molecule has 0 atom stereocenters. The lowest BCUT2D eigenvalue weighted by Gasteiger charge is -2.16. The number of nitrogens with one attached hydrogen (secondary N) is 1. The lowest BCUT2D eigenvalue weighted by atomic mass is 9.93. The van der Waals surface area contributed by atoms with Gasteiger partial charge in [0.2, 0.25) is 0 Å². The number of rotatable bonds is 2.